The Balaban J connectivity index is 1.91. The van der Waals surface area contributed by atoms with Crippen molar-refractivity contribution in [3.8, 4) is 11.5 Å². The second-order valence-electron chi connectivity index (χ2n) is 5.21. The minimum Gasteiger partial charge on any atom is -0.489 e. The minimum absolute atomic E-state index is 0.219. The fraction of sp³-hybridized carbons (Fsp3) is 0.100. The Hall–Kier alpha value is -3.12. The monoisotopic (exact) mass is 367 g/mol. The van der Waals surface area contributed by atoms with Gasteiger partial charge in [-0.05, 0) is 29.7 Å². The molecule has 0 atom stereocenters. The lowest BCUT2D eigenvalue weighted by atomic mass is 10.1. The Morgan fingerprint density at radius 3 is 2.69 bits per heavy atom. The fourth-order valence-electron chi connectivity index (χ4n) is 2.21. The maximum absolute atomic E-state index is 12.1. The number of cyclic esters (lactones) is 1. The molecule has 0 fully saturated rings. The maximum Gasteiger partial charge on any atom is 0.363 e. The molecule has 0 saturated carbocycles. The summed E-state index contributed by atoms with van der Waals surface area (Å²) in [6.45, 7) is 8.00. The molecular weight excluding hydrogens is 350 g/mol. The summed E-state index contributed by atoms with van der Waals surface area (Å²) in [7, 11) is 0. The lowest BCUT2D eigenvalue weighted by Crippen LogP contribution is -2.03. The molecule has 6 heteroatoms. The topological polar surface area (TPSA) is 57.1 Å². The van der Waals surface area contributed by atoms with Gasteiger partial charge in [-0.2, -0.15) is 0 Å². The van der Waals surface area contributed by atoms with Gasteiger partial charge in [-0.15, -0.1) is 11.3 Å². The van der Waals surface area contributed by atoms with Gasteiger partial charge in [0, 0.05) is 11.6 Å². The highest BCUT2D eigenvalue weighted by Gasteiger charge is 2.25. The summed E-state index contributed by atoms with van der Waals surface area (Å²) >= 11 is 1.46. The van der Waals surface area contributed by atoms with Gasteiger partial charge in [-0.25, -0.2) is 9.79 Å². The van der Waals surface area contributed by atoms with Crippen LogP contribution >= 0.6 is 11.3 Å². The van der Waals surface area contributed by atoms with Crippen LogP contribution in [0, 0.1) is 0 Å². The highest BCUT2D eigenvalue weighted by Crippen LogP contribution is 2.29. The maximum atomic E-state index is 12.1. The summed E-state index contributed by atoms with van der Waals surface area (Å²) < 4.78 is 16.5. The zero-order valence-corrected chi connectivity index (χ0v) is 14.8. The number of esters is 1. The van der Waals surface area contributed by atoms with Crippen LogP contribution in [0.3, 0.4) is 0 Å². The van der Waals surface area contributed by atoms with E-state index in [0.717, 1.165) is 4.88 Å². The van der Waals surface area contributed by atoms with Crippen LogP contribution in [0.15, 0.2) is 71.7 Å². The van der Waals surface area contributed by atoms with Gasteiger partial charge in [0.15, 0.2) is 5.70 Å². The van der Waals surface area contributed by atoms with Crippen LogP contribution in [0.1, 0.15) is 10.4 Å². The molecule has 0 bridgehead atoms. The van der Waals surface area contributed by atoms with E-state index in [2.05, 4.69) is 18.2 Å². The van der Waals surface area contributed by atoms with E-state index in [9.17, 15) is 4.79 Å². The van der Waals surface area contributed by atoms with Gasteiger partial charge < -0.3 is 14.2 Å². The lowest BCUT2D eigenvalue weighted by molar-refractivity contribution is -0.129. The Kier molecular flexibility index (Phi) is 5.66. The van der Waals surface area contributed by atoms with Crippen molar-refractivity contribution in [3.05, 3.63) is 77.2 Å². The molecule has 1 aromatic carbocycles. The van der Waals surface area contributed by atoms with E-state index in [1.807, 2.05) is 17.5 Å². The molecule has 1 aliphatic heterocycles. The first-order valence-electron chi connectivity index (χ1n) is 7.89. The zero-order valence-electron chi connectivity index (χ0n) is 14.0. The van der Waals surface area contributed by atoms with Crippen LogP contribution in [0.2, 0.25) is 0 Å². The average molecular weight is 367 g/mol. The van der Waals surface area contributed by atoms with Gasteiger partial charge in [0.25, 0.3) is 0 Å². The third-order valence-corrected chi connectivity index (χ3v) is 4.21. The van der Waals surface area contributed by atoms with E-state index < -0.39 is 5.97 Å². The number of thiophene rings is 1. The minimum atomic E-state index is -0.491. The van der Waals surface area contributed by atoms with Crippen molar-refractivity contribution in [2.75, 3.05) is 13.2 Å². The van der Waals surface area contributed by atoms with Gasteiger partial charge >= 0.3 is 5.97 Å². The summed E-state index contributed by atoms with van der Waals surface area (Å²) in [6.07, 6.45) is 4.94. The number of carbonyl (C=O) groups is 1. The fourth-order valence-corrected chi connectivity index (χ4v) is 2.86. The van der Waals surface area contributed by atoms with Crippen molar-refractivity contribution in [2.24, 2.45) is 4.99 Å². The van der Waals surface area contributed by atoms with Crippen LogP contribution in [0.5, 0.6) is 11.5 Å². The molecule has 1 aliphatic rings. The highest BCUT2D eigenvalue weighted by atomic mass is 32.1. The van der Waals surface area contributed by atoms with E-state index >= 15 is 0 Å². The number of nitrogens with zero attached hydrogens (tertiary/aromatic N) is 1. The predicted octanol–water partition coefficient (Wildman–Crippen LogP) is 4.22. The molecule has 26 heavy (non-hydrogen) atoms. The second kappa shape index (κ2) is 8.31. The molecule has 132 valence electrons. The molecule has 0 N–H and O–H groups in total. The largest absolute Gasteiger partial charge is 0.489 e. The number of aliphatic imine (C=N–C) groups is 1. The molecule has 0 unspecified atom stereocenters. The van der Waals surface area contributed by atoms with Gasteiger partial charge in [0.2, 0.25) is 5.90 Å². The molecule has 5 nitrogen and oxygen atoms in total. The standard InChI is InChI=1S/C20H17NO4S/c1-3-9-23-15-8-7-14(17(13-15)24-10-4-2)12-16-20(22)25-19(21-16)18-6-5-11-26-18/h3-8,11-13H,1-2,9-10H2/b16-12-. The second-order valence-corrected chi connectivity index (χ2v) is 6.16. The van der Waals surface area contributed by atoms with Gasteiger partial charge in [-0.1, -0.05) is 31.4 Å². The van der Waals surface area contributed by atoms with Crippen LogP contribution in [0.25, 0.3) is 6.08 Å². The van der Waals surface area contributed by atoms with Crippen molar-refractivity contribution >= 4 is 29.3 Å². The first-order chi connectivity index (χ1) is 12.7. The zero-order chi connectivity index (χ0) is 18.4. The van der Waals surface area contributed by atoms with Crippen molar-refractivity contribution in [2.45, 2.75) is 0 Å². The van der Waals surface area contributed by atoms with Crippen LogP contribution < -0.4 is 9.47 Å². The summed E-state index contributed by atoms with van der Waals surface area (Å²) in [5, 5.41) is 1.90. The third kappa shape index (κ3) is 4.10. The predicted molar refractivity (Wildman–Crippen MR) is 103 cm³/mol. The van der Waals surface area contributed by atoms with Gasteiger partial charge in [-0.3, -0.25) is 0 Å². The van der Waals surface area contributed by atoms with Crippen LogP contribution in [-0.4, -0.2) is 25.1 Å². The Morgan fingerprint density at radius 1 is 1.15 bits per heavy atom. The van der Waals surface area contributed by atoms with Crippen molar-refractivity contribution in [1.29, 1.82) is 0 Å². The quantitative estimate of drug-likeness (QED) is 0.398. The summed E-state index contributed by atoms with van der Waals surface area (Å²) in [6, 6.07) is 9.07. The van der Waals surface area contributed by atoms with Crippen molar-refractivity contribution in [3.63, 3.8) is 0 Å². The molecule has 0 spiro atoms. The summed E-state index contributed by atoms with van der Waals surface area (Å²) in [5.41, 5.74) is 0.914. The van der Waals surface area contributed by atoms with Crippen molar-refractivity contribution < 1.29 is 19.0 Å². The number of hydrogen-bond acceptors (Lipinski definition) is 6. The van der Waals surface area contributed by atoms with E-state index in [4.69, 9.17) is 14.2 Å². The molecule has 1 aromatic heterocycles. The lowest BCUT2D eigenvalue weighted by Gasteiger charge is -2.10. The normalized spacial score (nSPS) is 14.7. The Morgan fingerprint density at radius 2 is 1.96 bits per heavy atom. The number of hydrogen-bond donors (Lipinski definition) is 0. The van der Waals surface area contributed by atoms with Crippen molar-refractivity contribution in [1.82, 2.24) is 0 Å². The Bertz CT molecular complexity index is 881. The first kappa shape index (κ1) is 17.7. The number of rotatable bonds is 8. The van der Waals surface area contributed by atoms with E-state index in [1.165, 1.54) is 11.3 Å². The first-order valence-corrected chi connectivity index (χ1v) is 8.77. The van der Waals surface area contributed by atoms with E-state index in [1.54, 1.807) is 36.4 Å². The molecule has 0 radical (unpaired) electrons. The third-order valence-electron chi connectivity index (χ3n) is 3.35. The highest BCUT2D eigenvalue weighted by molar-refractivity contribution is 7.12. The molecule has 2 heterocycles. The molecule has 3 rings (SSSR count). The van der Waals surface area contributed by atoms with Gasteiger partial charge in [0.1, 0.15) is 24.7 Å². The average Bonchev–Trinajstić information content (AvgIpc) is 3.30. The summed E-state index contributed by atoms with van der Waals surface area (Å²) in [4.78, 5) is 17.2. The molecular formula is C20H17NO4S. The van der Waals surface area contributed by atoms with Gasteiger partial charge in [0.05, 0.1) is 4.88 Å². The number of ether oxygens (including phenoxy) is 3. The van der Waals surface area contributed by atoms with E-state index in [-0.39, 0.29) is 5.70 Å². The SMILES string of the molecule is C=CCOc1ccc(/C=C2\N=C(c3cccs3)OC2=O)c(OCC=C)c1. The van der Waals surface area contributed by atoms with Crippen LogP contribution in [0.4, 0.5) is 0 Å². The van der Waals surface area contributed by atoms with Crippen LogP contribution in [-0.2, 0) is 9.53 Å². The number of carbonyl (C=O) groups excluding carboxylic acids is 1. The molecule has 0 saturated heterocycles. The van der Waals surface area contributed by atoms with E-state index in [0.29, 0.717) is 36.2 Å². The molecule has 0 amide bonds. The Labute approximate surface area is 155 Å². The molecule has 0 aliphatic carbocycles. The smallest absolute Gasteiger partial charge is 0.363 e. The molecule has 2 aromatic rings. The summed E-state index contributed by atoms with van der Waals surface area (Å²) in [5.74, 6) is 1.03. The number of benzene rings is 1.